The number of carbonyl (C=O) groups is 2. The minimum absolute atomic E-state index is 0.101. The third-order valence-electron chi connectivity index (χ3n) is 4.19. The van der Waals surface area contributed by atoms with E-state index in [9.17, 15) is 32.9 Å². The van der Waals surface area contributed by atoms with Gasteiger partial charge in [-0.15, -0.1) is 10.1 Å². The number of fused-ring (bicyclic) bond motifs is 1. The van der Waals surface area contributed by atoms with E-state index in [1.807, 2.05) is 20.8 Å². The molecule has 1 aromatic rings. The van der Waals surface area contributed by atoms with E-state index in [2.05, 4.69) is 14.3 Å². The van der Waals surface area contributed by atoms with Crippen LogP contribution in [0.3, 0.4) is 0 Å². The first-order valence-electron chi connectivity index (χ1n) is 9.09. The van der Waals surface area contributed by atoms with Gasteiger partial charge in [0, 0.05) is 10.6 Å². The number of benzene rings is 1. The molecule has 0 radical (unpaired) electrons. The molecular weight excluding hydrogens is 463 g/mol. The molecule has 13 heteroatoms. The molecule has 1 heterocycles. The van der Waals surface area contributed by atoms with E-state index in [4.69, 9.17) is 16.3 Å². The van der Waals surface area contributed by atoms with Crippen LogP contribution in [0.2, 0.25) is 5.02 Å². The lowest BCUT2D eigenvalue weighted by Gasteiger charge is -2.30. The molecule has 176 valence electrons. The second-order valence-corrected chi connectivity index (χ2v) is 8.04. The minimum Gasteiger partial charge on any atom is -0.475 e. The lowest BCUT2D eigenvalue weighted by molar-refractivity contribution is -0.757. The third kappa shape index (κ3) is 6.49. The van der Waals surface area contributed by atoms with Crippen molar-refractivity contribution < 1.29 is 46.9 Å². The summed E-state index contributed by atoms with van der Waals surface area (Å²) in [6.07, 6.45) is -7.14. The Morgan fingerprint density at radius 2 is 1.88 bits per heavy atom. The van der Waals surface area contributed by atoms with Crippen molar-refractivity contribution >= 4 is 29.6 Å². The molecule has 0 saturated carbocycles. The Balaban J connectivity index is 2.17. The monoisotopic (exact) mass is 481 g/mol. The number of nitrogens with zero attached hydrogens (tertiary/aromatic N) is 1. The number of carbonyl (C=O) groups excluding carboxylic acids is 2. The molecule has 0 aromatic heterocycles. The van der Waals surface area contributed by atoms with Crippen LogP contribution in [0, 0.1) is 10.1 Å². The first-order valence-corrected chi connectivity index (χ1v) is 9.47. The molecule has 0 aliphatic carbocycles. The molecule has 1 atom stereocenters. The standard InChI is InChI=1S/C19H19ClF3NO8/c1-18(2,3)12-8-14-10(7-13(12)20)6-11(16(32-14)19(21,22)23)17(26)30-9-29-15(25)4-5-31-24(27)28/h6-8,16H,4-5,9H2,1-3H3. The van der Waals surface area contributed by atoms with E-state index in [0.29, 0.717) is 5.56 Å². The Hall–Kier alpha value is -3.02. The maximum Gasteiger partial charge on any atom is 0.430 e. The number of halogens is 4. The highest BCUT2D eigenvalue weighted by atomic mass is 35.5. The number of hydrogen-bond donors (Lipinski definition) is 0. The fourth-order valence-electron chi connectivity index (χ4n) is 2.71. The summed E-state index contributed by atoms with van der Waals surface area (Å²) in [6.45, 7) is 3.88. The van der Waals surface area contributed by atoms with Gasteiger partial charge >= 0.3 is 18.1 Å². The summed E-state index contributed by atoms with van der Waals surface area (Å²) in [4.78, 5) is 37.5. The molecular formula is C19H19ClF3NO8. The van der Waals surface area contributed by atoms with Crippen molar-refractivity contribution in [2.75, 3.05) is 13.4 Å². The molecule has 1 aliphatic heterocycles. The molecule has 0 N–H and O–H groups in total. The minimum atomic E-state index is -4.94. The van der Waals surface area contributed by atoms with Gasteiger partial charge in [0.2, 0.25) is 12.9 Å². The Bertz CT molecular complexity index is 940. The first kappa shape index (κ1) is 25.2. The van der Waals surface area contributed by atoms with Gasteiger partial charge in [-0.25, -0.2) is 4.79 Å². The van der Waals surface area contributed by atoms with Crippen molar-refractivity contribution in [1.82, 2.24) is 0 Å². The smallest absolute Gasteiger partial charge is 0.430 e. The van der Waals surface area contributed by atoms with Gasteiger partial charge in [-0.1, -0.05) is 32.4 Å². The van der Waals surface area contributed by atoms with E-state index in [-0.39, 0.29) is 16.3 Å². The summed E-state index contributed by atoms with van der Waals surface area (Å²) in [5.41, 5.74) is -0.631. The van der Waals surface area contributed by atoms with Crippen molar-refractivity contribution in [1.29, 1.82) is 0 Å². The molecule has 32 heavy (non-hydrogen) atoms. The van der Waals surface area contributed by atoms with Crippen molar-refractivity contribution in [3.8, 4) is 5.75 Å². The topological polar surface area (TPSA) is 114 Å². The maximum atomic E-state index is 13.6. The van der Waals surface area contributed by atoms with Crippen LogP contribution in [0.1, 0.15) is 38.3 Å². The average molecular weight is 482 g/mol. The fraction of sp³-hybridized carbons (Fsp3) is 0.474. The maximum absolute atomic E-state index is 13.6. The predicted molar refractivity (Wildman–Crippen MR) is 103 cm³/mol. The lowest BCUT2D eigenvalue weighted by Crippen LogP contribution is -2.41. The molecule has 0 bridgehead atoms. The zero-order valence-electron chi connectivity index (χ0n) is 17.2. The van der Waals surface area contributed by atoms with Crippen LogP contribution < -0.4 is 4.74 Å². The fourth-order valence-corrected chi connectivity index (χ4v) is 3.16. The van der Waals surface area contributed by atoms with Crippen molar-refractivity contribution in [2.45, 2.75) is 44.9 Å². The Morgan fingerprint density at radius 1 is 1.22 bits per heavy atom. The van der Waals surface area contributed by atoms with Gasteiger partial charge in [-0.3, -0.25) is 4.79 Å². The van der Waals surface area contributed by atoms with Crippen LogP contribution in [0.15, 0.2) is 17.7 Å². The number of ether oxygens (including phenoxy) is 3. The largest absolute Gasteiger partial charge is 0.475 e. The quantitative estimate of drug-likeness (QED) is 0.248. The molecule has 0 fully saturated rings. The van der Waals surface area contributed by atoms with E-state index in [1.54, 1.807) is 0 Å². The van der Waals surface area contributed by atoms with Crippen LogP contribution in [-0.2, 0) is 29.3 Å². The number of esters is 2. The van der Waals surface area contributed by atoms with E-state index < -0.39 is 60.1 Å². The first-order chi connectivity index (χ1) is 14.7. The molecule has 2 rings (SSSR count). The molecule has 1 aliphatic rings. The average Bonchev–Trinajstić information content (AvgIpc) is 2.64. The van der Waals surface area contributed by atoms with Crippen molar-refractivity contribution in [2.24, 2.45) is 0 Å². The van der Waals surface area contributed by atoms with E-state index in [1.165, 1.54) is 12.1 Å². The van der Waals surface area contributed by atoms with Crippen molar-refractivity contribution in [3.63, 3.8) is 0 Å². The summed E-state index contributed by atoms with van der Waals surface area (Å²) in [5, 5.41) is 9.15. The highest BCUT2D eigenvalue weighted by molar-refractivity contribution is 6.31. The molecule has 0 amide bonds. The van der Waals surface area contributed by atoms with Gasteiger partial charge in [0.15, 0.2) is 0 Å². The normalized spacial score (nSPS) is 15.7. The Kier molecular flexibility index (Phi) is 7.60. The molecule has 0 saturated heterocycles. The highest BCUT2D eigenvalue weighted by Crippen LogP contribution is 2.42. The summed E-state index contributed by atoms with van der Waals surface area (Å²) in [7, 11) is 0. The summed E-state index contributed by atoms with van der Waals surface area (Å²) >= 11 is 6.25. The summed E-state index contributed by atoms with van der Waals surface area (Å²) < 4.78 is 54.8. The van der Waals surface area contributed by atoms with Gasteiger partial charge in [-0.2, -0.15) is 13.2 Å². The number of alkyl halides is 3. The second kappa shape index (κ2) is 9.63. The van der Waals surface area contributed by atoms with Crippen LogP contribution in [-0.4, -0.2) is 42.7 Å². The molecule has 1 aromatic carbocycles. The van der Waals surface area contributed by atoms with Crippen molar-refractivity contribution in [3.05, 3.63) is 44.0 Å². The van der Waals surface area contributed by atoms with Gasteiger partial charge in [0.1, 0.15) is 12.4 Å². The van der Waals surface area contributed by atoms with Crippen LogP contribution in [0.4, 0.5) is 13.2 Å². The van der Waals surface area contributed by atoms with Crippen LogP contribution in [0.25, 0.3) is 6.08 Å². The molecule has 0 spiro atoms. The van der Waals surface area contributed by atoms with Gasteiger partial charge in [-0.05, 0) is 29.2 Å². The van der Waals surface area contributed by atoms with Crippen LogP contribution >= 0.6 is 11.6 Å². The number of hydrogen-bond acceptors (Lipinski definition) is 8. The molecule has 9 nitrogen and oxygen atoms in total. The second-order valence-electron chi connectivity index (χ2n) is 7.63. The molecule has 1 unspecified atom stereocenters. The lowest BCUT2D eigenvalue weighted by atomic mass is 9.85. The summed E-state index contributed by atoms with van der Waals surface area (Å²) in [5.74, 6) is -2.55. The zero-order chi connectivity index (χ0) is 24.3. The SMILES string of the molecule is CC(C)(C)c1cc2c(cc1Cl)C=C(C(=O)OCOC(=O)CCO[N+](=O)[O-])C(C(F)(F)F)O2. The Morgan fingerprint density at radius 3 is 2.44 bits per heavy atom. The van der Waals surface area contributed by atoms with Crippen LogP contribution in [0.5, 0.6) is 5.75 Å². The summed E-state index contributed by atoms with van der Waals surface area (Å²) in [6, 6.07) is 2.77. The zero-order valence-corrected chi connectivity index (χ0v) is 17.9. The Labute approximate surface area is 185 Å². The predicted octanol–water partition coefficient (Wildman–Crippen LogP) is 3.99. The van der Waals surface area contributed by atoms with Gasteiger partial charge in [0.05, 0.1) is 12.0 Å². The highest BCUT2D eigenvalue weighted by Gasteiger charge is 2.49. The third-order valence-corrected chi connectivity index (χ3v) is 4.50. The van der Waals surface area contributed by atoms with E-state index in [0.717, 1.165) is 6.08 Å². The van der Waals surface area contributed by atoms with Gasteiger partial charge in [0.25, 0.3) is 5.09 Å². The van der Waals surface area contributed by atoms with E-state index >= 15 is 0 Å². The number of rotatable bonds is 7. The van der Waals surface area contributed by atoms with Gasteiger partial charge < -0.3 is 19.0 Å².